The molecule has 1 aromatic rings. The Kier molecular flexibility index (Phi) is 5.05. The van der Waals surface area contributed by atoms with Crippen LogP contribution < -0.4 is 21.8 Å². The predicted molar refractivity (Wildman–Crippen MR) is 114 cm³/mol. The normalized spacial score (nSPS) is 24.4. The van der Waals surface area contributed by atoms with E-state index in [9.17, 15) is 8.78 Å². The first-order chi connectivity index (χ1) is 14.4. The van der Waals surface area contributed by atoms with Crippen LogP contribution in [-0.2, 0) is 9.31 Å². The number of aliphatic imine (C=N–C) groups is 2. The van der Waals surface area contributed by atoms with Gasteiger partial charge in [-0.15, -0.1) is 0 Å². The van der Waals surface area contributed by atoms with Gasteiger partial charge in [-0.05, 0) is 59.4 Å². The summed E-state index contributed by atoms with van der Waals surface area (Å²) in [7, 11) is -1.15. The van der Waals surface area contributed by atoms with Crippen molar-refractivity contribution in [1.82, 2.24) is 0 Å². The highest BCUT2D eigenvalue weighted by Crippen LogP contribution is 2.42. The largest absolute Gasteiger partial charge is 0.497 e. The van der Waals surface area contributed by atoms with Crippen LogP contribution in [0.4, 0.5) is 18.9 Å². The first-order valence-corrected chi connectivity index (χ1v) is 10.4. The number of anilines is 1. The van der Waals surface area contributed by atoms with E-state index >= 15 is 4.39 Å². The van der Waals surface area contributed by atoms with Gasteiger partial charge < -0.3 is 20.8 Å². The summed E-state index contributed by atoms with van der Waals surface area (Å²) >= 11 is 0. The summed E-state index contributed by atoms with van der Waals surface area (Å²) in [6.07, 6.45) is 3.55. The standard InChI is InChI=1S/C20H27BF3N5O2/c1-18(2)19(3,4)31-21(30-18)11-10-12(22)13(23)14(24)15(11)29-17(26)27-16(25)28-20(29)8-6-5-7-9-20/h10H,5-9H2,1-4H3,(H4,25,26,27,28). The van der Waals surface area contributed by atoms with Gasteiger partial charge in [-0.25, -0.2) is 18.2 Å². The second-order valence-corrected chi connectivity index (χ2v) is 9.33. The summed E-state index contributed by atoms with van der Waals surface area (Å²) in [5, 5.41) is 0. The van der Waals surface area contributed by atoms with E-state index in [4.69, 9.17) is 20.8 Å². The lowest BCUT2D eigenvalue weighted by molar-refractivity contribution is 0.00578. The van der Waals surface area contributed by atoms with Crippen LogP contribution in [0.3, 0.4) is 0 Å². The van der Waals surface area contributed by atoms with Crippen LogP contribution in [0.25, 0.3) is 0 Å². The van der Waals surface area contributed by atoms with Gasteiger partial charge in [0.05, 0.1) is 16.9 Å². The highest BCUT2D eigenvalue weighted by atomic mass is 19.2. The number of hydrogen-bond acceptors (Lipinski definition) is 7. The minimum absolute atomic E-state index is 0.0196. The van der Waals surface area contributed by atoms with Crippen molar-refractivity contribution >= 4 is 30.2 Å². The van der Waals surface area contributed by atoms with Gasteiger partial charge in [0.2, 0.25) is 11.9 Å². The molecule has 0 aromatic heterocycles. The van der Waals surface area contributed by atoms with Crippen molar-refractivity contribution in [2.45, 2.75) is 76.7 Å². The third-order valence-electron chi connectivity index (χ3n) is 6.75. The summed E-state index contributed by atoms with van der Waals surface area (Å²) in [4.78, 5) is 9.81. The van der Waals surface area contributed by atoms with Gasteiger partial charge in [-0.3, -0.25) is 4.90 Å². The Balaban J connectivity index is 1.92. The molecule has 11 heteroatoms. The van der Waals surface area contributed by atoms with E-state index in [-0.39, 0.29) is 23.1 Å². The molecule has 3 aliphatic rings. The molecule has 2 heterocycles. The lowest BCUT2D eigenvalue weighted by Gasteiger charge is -2.46. The molecule has 7 nitrogen and oxygen atoms in total. The van der Waals surface area contributed by atoms with E-state index in [1.807, 2.05) is 27.7 Å². The lowest BCUT2D eigenvalue weighted by atomic mass is 9.76. The van der Waals surface area contributed by atoms with Crippen LogP contribution in [0.1, 0.15) is 59.8 Å². The summed E-state index contributed by atoms with van der Waals surface area (Å²) in [5.74, 6) is -4.54. The molecule has 4 N–H and O–H groups in total. The zero-order valence-corrected chi connectivity index (χ0v) is 18.1. The van der Waals surface area contributed by atoms with Gasteiger partial charge in [-0.1, -0.05) is 6.42 Å². The quantitative estimate of drug-likeness (QED) is 0.548. The smallest absolute Gasteiger partial charge is 0.399 e. The number of guanidine groups is 2. The average Bonchev–Trinajstić information content (AvgIpc) is 2.88. The Hall–Kier alpha value is -2.27. The van der Waals surface area contributed by atoms with Crippen molar-refractivity contribution in [3.63, 3.8) is 0 Å². The fourth-order valence-corrected chi connectivity index (χ4v) is 4.43. The molecular weight excluding hydrogens is 410 g/mol. The maximum Gasteiger partial charge on any atom is 0.497 e. The molecule has 1 aromatic carbocycles. The van der Waals surface area contributed by atoms with E-state index in [2.05, 4.69) is 9.98 Å². The number of rotatable bonds is 2. The molecule has 4 rings (SSSR count). The monoisotopic (exact) mass is 437 g/mol. The molecule has 1 aliphatic carbocycles. The molecule has 0 bridgehead atoms. The molecule has 0 atom stereocenters. The molecule has 31 heavy (non-hydrogen) atoms. The molecule has 0 unspecified atom stereocenters. The van der Waals surface area contributed by atoms with Crippen molar-refractivity contribution in [2.24, 2.45) is 21.5 Å². The van der Waals surface area contributed by atoms with E-state index in [0.717, 1.165) is 25.3 Å². The lowest BCUT2D eigenvalue weighted by Crippen LogP contribution is -2.60. The third kappa shape index (κ3) is 3.38. The van der Waals surface area contributed by atoms with Gasteiger partial charge >= 0.3 is 7.12 Å². The molecule has 2 fully saturated rings. The van der Waals surface area contributed by atoms with E-state index in [0.29, 0.717) is 12.8 Å². The molecule has 168 valence electrons. The Morgan fingerprint density at radius 2 is 1.55 bits per heavy atom. The number of nitrogens with zero attached hydrogens (tertiary/aromatic N) is 3. The maximum atomic E-state index is 15.4. The van der Waals surface area contributed by atoms with Crippen molar-refractivity contribution in [3.8, 4) is 0 Å². The Bertz CT molecular complexity index is 960. The SMILES string of the molecule is CC1(C)OB(c2cc(F)c(F)c(F)c2N2C(N)=NC(N)=NC23CCCCC3)OC1(C)C. The van der Waals surface area contributed by atoms with E-state index < -0.39 is 41.4 Å². The molecule has 0 amide bonds. The Morgan fingerprint density at radius 1 is 0.968 bits per heavy atom. The van der Waals surface area contributed by atoms with Crippen molar-refractivity contribution < 1.29 is 22.5 Å². The highest BCUT2D eigenvalue weighted by Gasteiger charge is 2.54. The number of halogens is 3. The minimum atomic E-state index is -1.61. The fourth-order valence-electron chi connectivity index (χ4n) is 4.43. The van der Waals surface area contributed by atoms with Crippen molar-refractivity contribution in [3.05, 3.63) is 23.5 Å². The molecule has 0 radical (unpaired) electrons. The first-order valence-electron chi connectivity index (χ1n) is 10.4. The number of nitrogens with two attached hydrogens (primary N) is 2. The van der Waals surface area contributed by atoms with Crippen molar-refractivity contribution in [2.75, 3.05) is 4.90 Å². The van der Waals surface area contributed by atoms with Crippen LogP contribution >= 0.6 is 0 Å². The minimum Gasteiger partial charge on any atom is -0.399 e. The van der Waals surface area contributed by atoms with Gasteiger partial charge in [0.15, 0.2) is 17.5 Å². The van der Waals surface area contributed by atoms with E-state index in [1.54, 1.807) is 0 Å². The summed E-state index contributed by atoms with van der Waals surface area (Å²) in [6.45, 7) is 7.25. The van der Waals surface area contributed by atoms with Crippen LogP contribution in [0.2, 0.25) is 0 Å². The predicted octanol–water partition coefficient (Wildman–Crippen LogP) is 2.51. The van der Waals surface area contributed by atoms with E-state index in [1.165, 1.54) is 4.90 Å². The summed E-state index contributed by atoms with van der Waals surface area (Å²) < 4.78 is 56.3. The highest BCUT2D eigenvalue weighted by molar-refractivity contribution is 6.64. The van der Waals surface area contributed by atoms with Gasteiger partial charge in [0.25, 0.3) is 0 Å². The average molecular weight is 437 g/mol. The van der Waals surface area contributed by atoms with Crippen LogP contribution in [0.15, 0.2) is 16.1 Å². The molecular formula is C20H27BF3N5O2. The molecule has 1 saturated carbocycles. The fraction of sp³-hybridized carbons (Fsp3) is 0.600. The zero-order valence-electron chi connectivity index (χ0n) is 18.1. The molecule has 1 spiro atoms. The van der Waals surface area contributed by atoms with Gasteiger partial charge in [-0.2, -0.15) is 4.99 Å². The Labute approximate surface area is 179 Å². The maximum absolute atomic E-state index is 15.4. The third-order valence-corrected chi connectivity index (χ3v) is 6.75. The Morgan fingerprint density at radius 3 is 2.13 bits per heavy atom. The summed E-state index contributed by atoms with van der Waals surface area (Å²) in [5.41, 5.74) is 9.15. The van der Waals surface area contributed by atoms with Gasteiger partial charge in [0, 0.05) is 5.46 Å². The van der Waals surface area contributed by atoms with Gasteiger partial charge in [0.1, 0.15) is 5.66 Å². The topological polar surface area (TPSA) is 98.5 Å². The van der Waals surface area contributed by atoms with Crippen LogP contribution in [0, 0.1) is 17.5 Å². The second kappa shape index (κ2) is 7.13. The number of hydrogen-bond donors (Lipinski definition) is 2. The summed E-state index contributed by atoms with van der Waals surface area (Å²) in [6, 6.07) is 0.890. The molecule has 1 saturated heterocycles. The van der Waals surface area contributed by atoms with Crippen LogP contribution in [0.5, 0.6) is 0 Å². The van der Waals surface area contributed by atoms with Crippen molar-refractivity contribution in [1.29, 1.82) is 0 Å². The molecule has 2 aliphatic heterocycles. The second-order valence-electron chi connectivity index (χ2n) is 9.33. The number of benzene rings is 1. The first kappa shape index (κ1) is 21.9. The zero-order chi connectivity index (χ0) is 22.8. The van der Waals surface area contributed by atoms with Crippen LogP contribution in [-0.4, -0.2) is 35.9 Å².